The van der Waals surface area contributed by atoms with Gasteiger partial charge in [-0.05, 0) is 22.9 Å². The first-order valence-electron chi connectivity index (χ1n) is 10.3. The first-order valence-corrected chi connectivity index (χ1v) is 10.3. The van der Waals surface area contributed by atoms with E-state index in [1.54, 1.807) is 0 Å². The van der Waals surface area contributed by atoms with Crippen LogP contribution < -0.4 is 0 Å². The first-order chi connectivity index (χ1) is 15.8. The van der Waals surface area contributed by atoms with Crippen LogP contribution in [0, 0.1) is 22.7 Å². The number of fused-ring (bicyclic) bond motifs is 3. The summed E-state index contributed by atoms with van der Waals surface area (Å²) in [4.78, 5) is 6.62. The summed E-state index contributed by atoms with van der Waals surface area (Å²) in [7, 11) is 0. The number of nitrogens with zero attached hydrogens (tertiary/aromatic N) is 2. The number of aromatic amines is 2. The molecule has 4 heteroatoms. The molecule has 0 radical (unpaired) electrons. The maximum Gasteiger partial charge on any atom is 0.101 e. The van der Waals surface area contributed by atoms with Crippen LogP contribution in [0.4, 0.5) is 0 Å². The fourth-order valence-electron chi connectivity index (χ4n) is 4.78. The molecule has 0 fully saturated rings. The van der Waals surface area contributed by atoms with Crippen LogP contribution >= 0.6 is 0 Å². The van der Waals surface area contributed by atoms with Crippen LogP contribution in [0.1, 0.15) is 11.1 Å². The van der Waals surface area contributed by atoms with E-state index < -0.39 is 0 Å². The smallest absolute Gasteiger partial charge is 0.101 e. The van der Waals surface area contributed by atoms with Gasteiger partial charge in [0.15, 0.2) is 0 Å². The van der Waals surface area contributed by atoms with Gasteiger partial charge in [0.25, 0.3) is 0 Å². The van der Waals surface area contributed by atoms with E-state index in [1.807, 2.05) is 85.2 Å². The number of nitrogens with one attached hydrogen (secondary N) is 2. The van der Waals surface area contributed by atoms with Crippen LogP contribution in [0.25, 0.3) is 54.8 Å². The Bertz CT molecular complexity index is 1620. The van der Waals surface area contributed by atoms with Crippen LogP contribution in [-0.2, 0) is 0 Å². The third-order valence-corrected chi connectivity index (χ3v) is 6.16. The van der Waals surface area contributed by atoms with Gasteiger partial charge in [0, 0.05) is 56.5 Å². The van der Waals surface area contributed by atoms with E-state index in [-0.39, 0.29) is 0 Å². The lowest BCUT2D eigenvalue weighted by atomic mass is 9.84. The van der Waals surface area contributed by atoms with E-state index in [9.17, 15) is 10.5 Å². The molecule has 0 aliphatic heterocycles. The number of benzene rings is 4. The Morgan fingerprint density at radius 1 is 0.500 bits per heavy atom. The van der Waals surface area contributed by atoms with E-state index in [1.165, 1.54) is 0 Å². The minimum absolute atomic E-state index is 0.399. The fraction of sp³-hybridized carbons (Fsp3) is 0. The monoisotopic (exact) mass is 408 g/mol. The molecule has 6 aromatic rings. The molecule has 0 spiro atoms. The molecule has 0 saturated carbocycles. The van der Waals surface area contributed by atoms with Crippen molar-refractivity contribution in [3.63, 3.8) is 0 Å². The molecule has 0 bridgehead atoms. The molecule has 0 aliphatic carbocycles. The second kappa shape index (κ2) is 6.87. The van der Waals surface area contributed by atoms with E-state index >= 15 is 0 Å². The number of para-hydroxylation sites is 2. The van der Waals surface area contributed by atoms with Gasteiger partial charge >= 0.3 is 0 Å². The molecule has 4 aromatic carbocycles. The third-order valence-electron chi connectivity index (χ3n) is 6.16. The van der Waals surface area contributed by atoms with E-state index in [4.69, 9.17) is 0 Å². The number of hydrogen-bond donors (Lipinski definition) is 2. The summed E-state index contributed by atoms with van der Waals surface area (Å²) in [6.45, 7) is 0. The second-order valence-corrected chi connectivity index (χ2v) is 7.77. The van der Waals surface area contributed by atoms with Gasteiger partial charge in [0.2, 0.25) is 0 Å². The van der Waals surface area contributed by atoms with E-state index in [2.05, 4.69) is 22.1 Å². The summed E-state index contributed by atoms with van der Waals surface area (Å²) in [6, 6.07) is 28.8. The van der Waals surface area contributed by atoms with Gasteiger partial charge in [-0.15, -0.1) is 0 Å². The van der Waals surface area contributed by atoms with Crippen molar-refractivity contribution in [2.75, 3.05) is 0 Å². The normalized spacial score (nSPS) is 11.1. The van der Waals surface area contributed by atoms with Gasteiger partial charge in [-0.3, -0.25) is 0 Å². The van der Waals surface area contributed by atoms with Crippen molar-refractivity contribution in [1.82, 2.24) is 9.97 Å². The molecule has 0 unspecified atom stereocenters. The standard InChI is InChI=1S/C28H16N4/c29-13-21-22(14-30)28(24-16-32-26-12-6-4-8-18(24)26)20-10-2-1-9-19(20)27(21)23-15-31-25-11-5-3-7-17(23)25/h1-12,15-16,31-32H. The number of H-pyrrole nitrogens is 2. The van der Waals surface area contributed by atoms with E-state index in [0.29, 0.717) is 11.1 Å². The Labute approximate surface area is 184 Å². The van der Waals surface area contributed by atoms with Gasteiger partial charge < -0.3 is 9.97 Å². The van der Waals surface area contributed by atoms with Crippen molar-refractivity contribution in [2.24, 2.45) is 0 Å². The summed E-state index contributed by atoms with van der Waals surface area (Å²) in [6.07, 6.45) is 3.86. The molecule has 0 amide bonds. The Morgan fingerprint density at radius 3 is 1.28 bits per heavy atom. The van der Waals surface area contributed by atoms with Gasteiger partial charge in [0.1, 0.15) is 12.1 Å². The van der Waals surface area contributed by atoms with Gasteiger partial charge in [0.05, 0.1) is 11.1 Å². The van der Waals surface area contributed by atoms with Crippen molar-refractivity contribution < 1.29 is 0 Å². The Morgan fingerprint density at radius 2 is 0.875 bits per heavy atom. The van der Waals surface area contributed by atoms with Crippen LogP contribution in [0.3, 0.4) is 0 Å². The zero-order valence-corrected chi connectivity index (χ0v) is 17.0. The van der Waals surface area contributed by atoms with Gasteiger partial charge in [-0.25, -0.2) is 0 Å². The Kier molecular flexibility index (Phi) is 3.87. The molecule has 148 valence electrons. The van der Waals surface area contributed by atoms with Crippen LogP contribution in [0.15, 0.2) is 85.2 Å². The number of rotatable bonds is 2. The minimum atomic E-state index is 0.399. The molecule has 32 heavy (non-hydrogen) atoms. The van der Waals surface area contributed by atoms with Crippen molar-refractivity contribution in [3.8, 4) is 34.4 Å². The zero-order chi connectivity index (χ0) is 21.7. The molecule has 2 aromatic heterocycles. The first kappa shape index (κ1) is 18.0. The number of aromatic nitrogens is 2. The van der Waals surface area contributed by atoms with Crippen molar-refractivity contribution >= 4 is 32.6 Å². The quantitative estimate of drug-likeness (QED) is 0.327. The highest BCUT2D eigenvalue weighted by Crippen LogP contribution is 2.44. The molecule has 2 N–H and O–H groups in total. The van der Waals surface area contributed by atoms with Crippen molar-refractivity contribution in [3.05, 3.63) is 96.3 Å². The van der Waals surface area contributed by atoms with E-state index in [0.717, 1.165) is 54.8 Å². The van der Waals surface area contributed by atoms with Crippen molar-refractivity contribution in [2.45, 2.75) is 0 Å². The molecule has 0 atom stereocenters. The topological polar surface area (TPSA) is 79.2 Å². The van der Waals surface area contributed by atoms with Crippen LogP contribution in [0.2, 0.25) is 0 Å². The van der Waals surface area contributed by atoms with Gasteiger partial charge in [-0.1, -0.05) is 60.7 Å². The van der Waals surface area contributed by atoms with Gasteiger partial charge in [-0.2, -0.15) is 10.5 Å². The average Bonchev–Trinajstić information content (AvgIpc) is 3.47. The number of hydrogen-bond acceptors (Lipinski definition) is 2. The Balaban J connectivity index is 1.82. The summed E-state index contributed by atoms with van der Waals surface area (Å²) in [5.74, 6) is 0. The molecular formula is C28H16N4. The number of nitriles is 2. The van der Waals surface area contributed by atoms with Crippen LogP contribution in [0.5, 0.6) is 0 Å². The maximum absolute atomic E-state index is 10.3. The molecule has 0 saturated heterocycles. The zero-order valence-electron chi connectivity index (χ0n) is 17.0. The van der Waals surface area contributed by atoms with Crippen molar-refractivity contribution in [1.29, 1.82) is 10.5 Å². The third kappa shape index (κ3) is 2.41. The molecule has 4 nitrogen and oxygen atoms in total. The van der Waals surface area contributed by atoms with Crippen LogP contribution in [-0.4, -0.2) is 9.97 Å². The molecular weight excluding hydrogens is 392 g/mol. The lowest BCUT2D eigenvalue weighted by Gasteiger charge is -2.16. The lowest BCUT2D eigenvalue weighted by Crippen LogP contribution is -1.97. The predicted octanol–water partition coefficient (Wildman–Crippen LogP) is 6.88. The molecule has 0 aliphatic rings. The molecule has 6 rings (SSSR count). The average molecular weight is 408 g/mol. The largest absolute Gasteiger partial charge is 0.361 e. The lowest BCUT2D eigenvalue weighted by molar-refractivity contribution is 1.43. The highest BCUT2D eigenvalue weighted by Gasteiger charge is 2.24. The highest BCUT2D eigenvalue weighted by atomic mass is 14.7. The summed E-state index contributed by atoms with van der Waals surface area (Å²) in [5.41, 5.74) is 6.23. The minimum Gasteiger partial charge on any atom is -0.361 e. The highest BCUT2D eigenvalue weighted by molar-refractivity contribution is 6.15. The predicted molar refractivity (Wildman–Crippen MR) is 128 cm³/mol. The SMILES string of the molecule is N#Cc1c(C#N)c(-c2c[nH]c3ccccc23)c2ccccc2c1-c1c[nH]c2ccccc12. The summed E-state index contributed by atoms with van der Waals surface area (Å²) in [5, 5.41) is 24.5. The molecule has 2 heterocycles. The second-order valence-electron chi connectivity index (χ2n) is 7.77. The Hall–Kier alpha value is -4.80. The summed E-state index contributed by atoms with van der Waals surface area (Å²) < 4.78 is 0. The maximum atomic E-state index is 10.3. The summed E-state index contributed by atoms with van der Waals surface area (Å²) >= 11 is 0. The fourth-order valence-corrected chi connectivity index (χ4v) is 4.78.